The van der Waals surface area contributed by atoms with Crippen molar-refractivity contribution < 1.29 is 9.13 Å². The molecule has 3 rings (SSSR count). The number of rotatable bonds is 4. The molecular weight excluding hydrogens is 321 g/mol. The monoisotopic (exact) mass is 335 g/mol. The second-order valence-corrected chi connectivity index (χ2v) is 5.99. The zero-order valence-electron chi connectivity index (χ0n) is 10.9. The fraction of sp³-hybridized carbons (Fsp3) is 0.250. The third-order valence-corrected chi connectivity index (χ3v) is 3.75. The summed E-state index contributed by atoms with van der Waals surface area (Å²) >= 11 is 3.29. The highest BCUT2D eigenvalue weighted by Crippen LogP contribution is 2.30. The van der Waals surface area contributed by atoms with Crippen LogP contribution >= 0.6 is 15.9 Å². The van der Waals surface area contributed by atoms with Crippen molar-refractivity contribution >= 4 is 15.9 Å². The fourth-order valence-electron chi connectivity index (χ4n) is 2.11. The SMILES string of the molecule is NC(c1cc(F)cc(Br)c1)c1cccc(OC2CC2)c1. The molecule has 0 spiro atoms. The summed E-state index contributed by atoms with van der Waals surface area (Å²) in [5.74, 6) is 0.533. The lowest BCUT2D eigenvalue weighted by molar-refractivity contribution is 0.303. The average Bonchev–Trinajstić information content (AvgIpc) is 3.21. The lowest BCUT2D eigenvalue weighted by Gasteiger charge is -2.15. The molecule has 2 aromatic rings. The first-order valence-corrected chi connectivity index (χ1v) is 7.39. The number of ether oxygens (including phenoxy) is 1. The van der Waals surface area contributed by atoms with Crippen LogP contribution in [0.2, 0.25) is 0 Å². The molecule has 2 N–H and O–H groups in total. The van der Waals surface area contributed by atoms with Crippen LogP contribution in [0.4, 0.5) is 4.39 Å². The largest absolute Gasteiger partial charge is 0.490 e. The van der Waals surface area contributed by atoms with Crippen LogP contribution in [-0.2, 0) is 0 Å². The van der Waals surface area contributed by atoms with Crippen molar-refractivity contribution in [3.8, 4) is 5.75 Å². The summed E-state index contributed by atoms with van der Waals surface area (Å²) in [5.41, 5.74) is 7.88. The first-order chi connectivity index (χ1) is 9.61. The molecule has 0 radical (unpaired) electrons. The van der Waals surface area contributed by atoms with Crippen molar-refractivity contribution in [2.75, 3.05) is 0 Å². The molecule has 1 aliphatic carbocycles. The Hall–Kier alpha value is -1.39. The second-order valence-electron chi connectivity index (χ2n) is 5.07. The zero-order chi connectivity index (χ0) is 14.1. The van der Waals surface area contributed by atoms with Gasteiger partial charge in [-0.25, -0.2) is 4.39 Å². The van der Waals surface area contributed by atoms with Crippen LogP contribution in [0.1, 0.15) is 30.0 Å². The van der Waals surface area contributed by atoms with Gasteiger partial charge in [0.05, 0.1) is 12.1 Å². The van der Waals surface area contributed by atoms with Crippen LogP contribution in [0.15, 0.2) is 46.9 Å². The molecule has 0 heterocycles. The van der Waals surface area contributed by atoms with Crippen molar-refractivity contribution in [2.24, 2.45) is 5.73 Å². The standard InChI is InChI=1S/C16H15BrFNO/c17-12-6-11(7-13(18)9-12)16(19)10-2-1-3-15(8-10)20-14-4-5-14/h1-3,6-9,14,16H,4-5,19H2. The Morgan fingerprint density at radius 3 is 2.65 bits per heavy atom. The van der Waals surface area contributed by atoms with Gasteiger partial charge in [-0.05, 0) is 54.3 Å². The number of hydrogen-bond acceptors (Lipinski definition) is 2. The maximum absolute atomic E-state index is 13.5. The smallest absolute Gasteiger partial charge is 0.124 e. The predicted molar refractivity (Wildman–Crippen MR) is 80.2 cm³/mol. The van der Waals surface area contributed by atoms with Gasteiger partial charge in [0.25, 0.3) is 0 Å². The van der Waals surface area contributed by atoms with Crippen molar-refractivity contribution in [3.63, 3.8) is 0 Å². The van der Waals surface area contributed by atoms with E-state index in [1.807, 2.05) is 30.3 Å². The maximum Gasteiger partial charge on any atom is 0.124 e. The van der Waals surface area contributed by atoms with E-state index in [0.29, 0.717) is 10.6 Å². The molecule has 1 fully saturated rings. The Kier molecular flexibility index (Phi) is 3.76. The molecule has 2 nitrogen and oxygen atoms in total. The van der Waals surface area contributed by atoms with Crippen LogP contribution in [0, 0.1) is 5.82 Å². The Balaban J connectivity index is 1.86. The average molecular weight is 336 g/mol. The maximum atomic E-state index is 13.5. The highest BCUT2D eigenvalue weighted by molar-refractivity contribution is 9.10. The van der Waals surface area contributed by atoms with Gasteiger partial charge < -0.3 is 10.5 Å². The van der Waals surface area contributed by atoms with E-state index in [-0.39, 0.29) is 11.9 Å². The van der Waals surface area contributed by atoms with E-state index in [2.05, 4.69) is 15.9 Å². The fourth-order valence-corrected chi connectivity index (χ4v) is 2.59. The van der Waals surface area contributed by atoms with Gasteiger partial charge in [0.15, 0.2) is 0 Å². The predicted octanol–water partition coefficient (Wildman–Crippen LogP) is 4.18. The second kappa shape index (κ2) is 5.54. The number of nitrogens with two attached hydrogens (primary N) is 1. The lowest BCUT2D eigenvalue weighted by atomic mass is 9.99. The minimum absolute atomic E-state index is 0.296. The topological polar surface area (TPSA) is 35.2 Å². The summed E-state index contributed by atoms with van der Waals surface area (Å²) in [5, 5.41) is 0. The van der Waals surface area contributed by atoms with E-state index in [0.717, 1.165) is 29.7 Å². The quantitative estimate of drug-likeness (QED) is 0.909. The summed E-state index contributed by atoms with van der Waals surface area (Å²) in [6.45, 7) is 0. The van der Waals surface area contributed by atoms with E-state index in [9.17, 15) is 4.39 Å². The third kappa shape index (κ3) is 3.19. The normalized spacial score (nSPS) is 15.9. The molecule has 0 amide bonds. The molecule has 1 unspecified atom stereocenters. The van der Waals surface area contributed by atoms with Gasteiger partial charge in [-0.15, -0.1) is 0 Å². The van der Waals surface area contributed by atoms with Crippen molar-refractivity contribution in [3.05, 3.63) is 63.9 Å². The van der Waals surface area contributed by atoms with Gasteiger partial charge in [0.1, 0.15) is 11.6 Å². The molecule has 4 heteroatoms. The molecule has 20 heavy (non-hydrogen) atoms. The van der Waals surface area contributed by atoms with Crippen molar-refractivity contribution in [1.82, 2.24) is 0 Å². The van der Waals surface area contributed by atoms with Gasteiger partial charge in [0, 0.05) is 4.47 Å². The molecule has 0 aromatic heterocycles. The molecule has 104 valence electrons. The minimum atomic E-state index is -0.371. The van der Waals surface area contributed by atoms with Gasteiger partial charge in [0.2, 0.25) is 0 Å². The summed E-state index contributed by atoms with van der Waals surface area (Å²) in [7, 11) is 0. The molecule has 0 saturated heterocycles. The van der Waals surface area contributed by atoms with E-state index in [1.165, 1.54) is 12.1 Å². The van der Waals surface area contributed by atoms with Gasteiger partial charge in [-0.2, -0.15) is 0 Å². The van der Waals surface area contributed by atoms with Gasteiger partial charge >= 0.3 is 0 Å². The first kappa shape index (κ1) is 13.6. The van der Waals surface area contributed by atoms with E-state index in [4.69, 9.17) is 10.5 Å². The van der Waals surface area contributed by atoms with E-state index >= 15 is 0 Å². The number of hydrogen-bond donors (Lipinski definition) is 1. The third-order valence-electron chi connectivity index (χ3n) is 3.29. The van der Waals surface area contributed by atoms with E-state index < -0.39 is 0 Å². The first-order valence-electron chi connectivity index (χ1n) is 6.60. The molecule has 1 aliphatic rings. The van der Waals surface area contributed by atoms with Crippen LogP contribution in [-0.4, -0.2) is 6.10 Å². The molecule has 0 aliphatic heterocycles. The van der Waals surface area contributed by atoms with Crippen LogP contribution in [0.25, 0.3) is 0 Å². The van der Waals surface area contributed by atoms with Crippen LogP contribution in [0.3, 0.4) is 0 Å². The molecule has 2 aromatic carbocycles. The number of benzene rings is 2. The van der Waals surface area contributed by atoms with Crippen LogP contribution in [0.5, 0.6) is 5.75 Å². The summed E-state index contributed by atoms with van der Waals surface area (Å²) in [6, 6.07) is 12.1. The molecule has 1 saturated carbocycles. The highest BCUT2D eigenvalue weighted by Gasteiger charge is 2.23. The van der Waals surface area contributed by atoms with Crippen molar-refractivity contribution in [1.29, 1.82) is 0 Å². The molecule has 0 bridgehead atoms. The van der Waals surface area contributed by atoms with Crippen molar-refractivity contribution in [2.45, 2.75) is 25.0 Å². The Labute approximate surface area is 125 Å². The van der Waals surface area contributed by atoms with Crippen LogP contribution < -0.4 is 10.5 Å². The highest BCUT2D eigenvalue weighted by atomic mass is 79.9. The molecular formula is C16H15BrFNO. The molecule has 1 atom stereocenters. The Morgan fingerprint density at radius 1 is 1.15 bits per heavy atom. The summed E-state index contributed by atoms with van der Waals surface area (Å²) in [6.07, 6.45) is 2.59. The van der Waals surface area contributed by atoms with Gasteiger partial charge in [-0.1, -0.05) is 28.1 Å². The number of halogens is 2. The van der Waals surface area contributed by atoms with Gasteiger partial charge in [-0.3, -0.25) is 0 Å². The zero-order valence-corrected chi connectivity index (χ0v) is 12.4. The Bertz CT molecular complexity index is 607. The summed E-state index contributed by atoms with van der Waals surface area (Å²) < 4.78 is 19.9. The summed E-state index contributed by atoms with van der Waals surface area (Å²) in [4.78, 5) is 0. The van der Waals surface area contributed by atoms with E-state index in [1.54, 1.807) is 0 Å². The lowest BCUT2D eigenvalue weighted by Crippen LogP contribution is -2.12. The minimum Gasteiger partial charge on any atom is -0.490 e. The Morgan fingerprint density at radius 2 is 1.95 bits per heavy atom.